The first-order valence-electron chi connectivity index (χ1n) is 6.93. The molecule has 1 aromatic heterocycles. The average molecular weight is 348 g/mol. The van der Waals surface area contributed by atoms with Crippen molar-refractivity contribution in [2.24, 2.45) is 0 Å². The van der Waals surface area contributed by atoms with Crippen molar-refractivity contribution in [1.29, 1.82) is 0 Å². The number of amides is 1. The molecule has 0 saturated carbocycles. The van der Waals surface area contributed by atoms with E-state index in [-0.39, 0.29) is 29.7 Å². The molecule has 0 saturated heterocycles. The van der Waals surface area contributed by atoms with Crippen LogP contribution in [0.3, 0.4) is 0 Å². The fraction of sp³-hybridized carbons (Fsp3) is 0.214. The first kappa shape index (κ1) is 17.5. The number of benzene rings is 1. The molecule has 126 valence electrons. The predicted octanol–water partition coefficient (Wildman–Crippen LogP) is 1.98. The predicted molar refractivity (Wildman–Crippen MR) is 92.7 cm³/mol. The van der Waals surface area contributed by atoms with Gasteiger partial charge in [-0.15, -0.1) is 0 Å². The molecule has 0 fully saturated rings. The second-order valence-electron chi connectivity index (χ2n) is 4.90. The number of aryl methyl sites for hydroxylation is 1. The third-order valence-electron chi connectivity index (χ3n) is 3.01. The van der Waals surface area contributed by atoms with Gasteiger partial charge in [-0.05, 0) is 12.5 Å². The molecular formula is C14H16N6O3S. The van der Waals surface area contributed by atoms with Gasteiger partial charge in [-0.2, -0.15) is 0 Å². The number of anilines is 3. The van der Waals surface area contributed by atoms with Crippen LogP contribution in [0.25, 0.3) is 0 Å². The van der Waals surface area contributed by atoms with Crippen molar-refractivity contribution < 1.29 is 9.72 Å². The number of aromatic nitrogens is 2. The van der Waals surface area contributed by atoms with Gasteiger partial charge in [0.25, 0.3) is 5.69 Å². The van der Waals surface area contributed by atoms with E-state index in [0.29, 0.717) is 16.6 Å². The van der Waals surface area contributed by atoms with Crippen LogP contribution in [0, 0.1) is 17.0 Å². The number of non-ortho nitro benzene ring substituents is 1. The maximum Gasteiger partial charge on any atom is 0.271 e. The van der Waals surface area contributed by atoms with Crippen LogP contribution in [0.15, 0.2) is 29.4 Å². The lowest BCUT2D eigenvalue weighted by Crippen LogP contribution is -2.13. The SMILES string of the molecule is Cc1ccc([N+](=O)[O-])cc1NC(=O)CCSc1nc(N)cc(N)n1. The van der Waals surface area contributed by atoms with Gasteiger partial charge in [-0.1, -0.05) is 17.8 Å². The zero-order valence-electron chi connectivity index (χ0n) is 12.9. The van der Waals surface area contributed by atoms with E-state index in [1.807, 2.05) is 0 Å². The summed E-state index contributed by atoms with van der Waals surface area (Å²) in [5.74, 6) is 0.689. The molecule has 9 nitrogen and oxygen atoms in total. The number of nitrogens with zero attached hydrogens (tertiary/aromatic N) is 3. The number of thioether (sulfide) groups is 1. The van der Waals surface area contributed by atoms with Crippen molar-refractivity contribution in [1.82, 2.24) is 9.97 Å². The summed E-state index contributed by atoms with van der Waals surface area (Å²) in [7, 11) is 0. The van der Waals surface area contributed by atoms with E-state index in [1.54, 1.807) is 13.0 Å². The van der Waals surface area contributed by atoms with Gasteiger partial charge >= 0.3 is 0 Å². The van der Waals surface area contributed by atoms with Crippen LogP contribution in [0.5, 0.6) is 0 Å². The number of nitro benzene ring substituents is 1. The van der Waals surface area contributed by atoms with Crippen molar-refractivity contribution >= 4 is 40.7 Å². The first-order chi connectivity index (χ1) is 11.3. The summed E-state index contributed by atoms with van der Waals surface area (Å²) in [6.45, 7) is 1.76. The second-order valence-corrected chi connectivity index (χ2v) is 5.97. The highest BCUT2D eigenvalue weighted by Gasteiger charge is 2.11. The van der Waals surface area contributed by atoms with Crippen molar-refractivity contribution in [3.05, 3.63) is 39.9 Å². The van der Waals surface area contributed by atoms with Crippen molar-refractivity contribution in [3.63, 3.8) is 0 Å². The van der Waals surface area contributed by atoms with E-state index in [2.05, 4.69) is 15.3 Å². The highest BCUT2D eigenvalue weighted by molar-refractivity contribution is 7.99. The molecule has 1 heterocycles. The molecule has 2 rings (SSSR count). The Bertz CT molecular complexity index is 763. The summed E-state index contributed by atoms with van der Waals surface area (Å²) >= 11 is 1.25. The van der Waals surface area contributed by atoms with E-state index in [1.165, 1.54) is 30.0 Å². The zero-order chi connectivity index (χ0) is 17.7. The Labute approximate surface area is 142 Å². The monoisotopic (exact) mass is 348 g/mol. The Hall–Kier alpha value is -2.88. The highest BCUT2D eigenvalue weighted by atomic mass is 32.2. The highest BCUT2D eigenvalue weighted by Crippen LogP contribution is 2.22. The van der Waals surface area contributed by atoms with Gasteiger partial charge in [-0.25, -0.2) is 9.97 Å². The number of rotatable bonds is 6. The van der Waals surface area contributed by atoms with Crippen molar-refractivity contribution in [2.45, 2.75) is 18.5 Å². The van der Waals surface area contributed by atoms with Gasteiger partial charge in [0.2, 0.25) is 5.91 Å². The molecule has 0 aliphatic heterocycles. The molecule has 1 aromatic carbocycles. The summed E-state index contributed by atoms with van der Waals surface area (Å²) in [5, 5.41) is 13.9. The Morgan fingerprint density at radius 1 is 1.29 bits per heavy atom. The summed E-state index contributed by atoms with van der Waals surface area (Å²) in [4.78, 5) is 30.3. The largest absolute Gasteiger partial charge is 0.383 e. The van der Waals surface area contributed by atoms with Gasteiger partial charge in [-0.3, -0.25) is 14.9 Å². The number of nitrogen functional groups attached to an aromatic ring is 2. The fourth-order valence-electron chi connectivity index (χ4n) is 1.83. The first-order valence-corrected chi connectivity index (χ1v) is 7.91. The standard InChI is InChI=1S/C14H16N6O3S/c1-8-2-3-9(20(22)23)6-10(8)17-13(21)4-5-24-14-18-11(15)7-12(16)19-14/h2-3,6-7H,4-5H2,1H3,(H,17,21)(H4,15,16,18,19). The van der Waals surface area contributed by atoms with Gasteiger partial charge in [0.1, 0.15) is 11.6 Å². The molecular weight excluding hydrogens is 332 g/mol. The quantitative estimate of drug-likeness (QED) is 0.310. The molecule has 0 radical (unpaired) electrons. The minimum absolute atomic E-state index is 0.0751. The summed E-state index contributed by atoms with van der Waals surface area (Å²) in [5.41, 5.74) is 12.2. The van der Waals surface area contributed by atoms with Crippen LogP contribution in [0.2, 0.25) is 0 Å². The Morgan fingerprint density at radius 2 is 1.96 bits per heavy atom. The summed E-state index contributed by atoms with van der Waals surface area (Å²) < 4.78 is 0. The van der Waals surface area contributed by atoms with Crippen LogP contribution in [-0.2, 0) is 4.79 Å². The van der Waals surface area contributed by atoms with Crippen LogP contribution in [0.4, 0.5) is 23.0 Å². The van der Waals surface area contributed by atoms with Crippen LogP contribution >= 0.6 is 11.8 Å². The summed E-state index contributed by atoms with van der Waals surface area (Å²) in [6, 6.07) is 5.76. The Balaban J connectivity index is 1.91. The number of carbonyl (C=O) groups is 1. The molecule has 1 amide bonds. The maximum atomic E-state index is 12.0. The van der Waals surface area contributed by atoms with Gasteiger partial charge in [0, 0.05) is 30.4 Å². The third kappa shape index (κ3) is 4.81. The number of hydrogen-bond donors (Lipinski definition) is 3. The molecule has 0 aliphatic carbocycles. The average Bonchev–Trinajstić information content (AvgIpc) is 2.48. The molecule has 0 aliphatic rings. The number of nitrogens with two attached hydrogens (primary N) is 2. The van der Waals surface area contributed by atoms with Gasteiger partial charge in [0.05, 0.1) is 10.6 Å². The lowest BCUT2D eigenvalue weighted by Gasteiger charge is -2.08. The van der Waals surface area contributed by atoms with Gasteiger partial charge in [0.15, 0.2) is 5.16 Å². The normalized spacial score (nSPS) is 10.4. The maximum absolute atomic E-state index is 12.0. The molecule has 24 heavy (non-hydrogen) atoms. The van der Waals surface area contributed by atoms with E-state index < -0.39 is 4.92 Å². The molecule has 0 bridgehead atoms. The molecule has 5 N–H and O–H groups in total. The second kappa shape index (κ2) is 7.59. The van der Waals surface area contributed by atoms with Crippen molar-refractivity contribution in [2.75, 3.05) is 22.5 Å². The zero-order valence-corrected chi connectivity index (χ0v) is 13.7. The topological polar surface area (TPSA) is 150 Å². The summed E-state index contributed by atoms with van der Waals surface area (Å²) in [6.07, 6.45) is 0.185. The number of hydrogen-bond acceptors (Lipinski definition) is 8. The van der Waals surface area contributed by atoms with E-state index in [0.717, 1.165) is 5.56 Å². The van der Waals surface area contributed by atoms with E-state index in [9.17, 15) is 14.9 Å². The number of nitrogens with one attached hydrogen (secondary N) is 1. The molecule has 0 unspecified atom stereocenters. The van der Waals surface area contributed by atoms with E-state index in [4.69, 9.17) is 11.5 Å². The smallest absolute Gasteiger partial charge is 0.271 e. The lowest BCUT2D eigenvalue weighted by atomic mass is 10.2. The Morgan fingerprint density at radius 3 is 2.58 bits per heavy atom. The molecule has 2 aromatic rings. The third-order valence-corrected chi connectivity index (χ3v) is 3.86. The van der Waals surface area contributed by atoms with Crippen molar-refractivity contribution in [3.8, 4) is 0 Å². The molecule has 0 spiro atoms. The fourth-order valence-corrected chi connectivity index (χ4v) is 2.64. The Kier molecular flexibility index (Phi) is 5.53. The van der Waals surface area contributed by atoms with Crippen LogP contribution in [0.1, 0.15) is 12.0 Å². The minimum atomic E-state index is -0.507. The lowest BCUT2D eigenvalue weighted by molar-refractivity contribution is -0.384. The molecule has 10 heteroatoms. The van der Waals surface area contributed by atoms with Crippen LogP contribution in [-0.4, -0.2) is 26.6 Å². The number of carbonyl (C=O) groups excluding carboxylic acids is 1. The van der Waals surface area contributed by atoms with E-state index >= 15 is 0 Å². The molecule has 0 atom stereocenters. The minimum Gasteiger partial charge on any atom is -0.383 e. The van der Waals surface area contributed by atoms with Gasteiger partial charge < -0.3 is 16.8 Å². The van der Waals surface area contributed by atoms with Crippen LogP contribution < -0.4 is 16.8 Å². The number of nitro groups is 1.